The van der Waals surface area contributed by atoms with E-state index in [2.05, 4.69) is 10.6 Å². The third-order valence-corrected chi connectivity index (χ3v) is 7.54. The van der Waals surface area contributed by atoms with Crippen LogP contribution in [0.1, 0.15) is 27.1 Å². The zero-order valence-electron chi connectivity index (χ0n) is 17.9. The fourth-order valence-corrected chi connectivity index (χ4v) is 6.96. The molecule has 0 saturated carbocycles. The second-order valence-corrected chi connectivity index (χ2v) is 10.2. The average molecular weight is 805 g/mol. The van der Waals surface area contributed by atoms with Crippen molar-refractivity contribution in [3.05, 3.63) is 21.8 Å². The summed E-state index contributed by atoms with van der Waals surface area (Å²) >= 11 is 5.68. The molecule has 1 aromatic rings. The Kier molecular flexibility index (Phi) is 13.8. The van der Waals surface area contributed by atoms with Crippen molar-refractivity contribution in [2.75, 3.05) is 52.4 Å². The Balaban J connectivity index is 3.55. The van der Waals surface area contributed by atoms with Gasteiger partial charge >= 0.3 is 0 Å². The Labute approximate surface area is 232 Å². The van der Waals surface area contributed by atoms with Crippen LogP contribution in [-0.4, -0.2) is 102 Å². The van der Waals surface area contributed by atoms with Crippen molar-refractivity contribution in [2.24, 2.45) is 0 Å². The lowest BCUT2D eigenvalue weighted by molar-refractivity contribution is -0.117. The smallest absolute Gasteiger partial charge is 0.255 e. The zero-order valence-corrected chi connectivity index (χ0v) is 24.4. The van der Waals surface area contributed by atoms with Crippen LogP contribution in [0.2, 0.25) is 0 Å². The predicted octanol–water partition coefficient (Wildman–Crippen LogP) is -0.0164. The van der Waals surface area contributed by atoms with Gasteiger partial charge in [0.1, 0.15) is 0 Å². The van der Waals surface area contributed by atoms with Crippen LogP contribution in [0.4, 0.5) is 5.69 Å². The van der Waals surface area contributed by atoms with Crippen LogP contribution in [0.3, 0.4) is 0 Å². The number of aliphatic hydroxyl groups excluding tert-OH is 4. The van der Waals surface area contributed by atoms with Gasteiger partial charge in [-0.1, -0.05) is 0 Å². The van der Waals surface area contributed by atoms with Gasteiger partial charge < -0.3 is 40.7 Å². The number of hydrogen-bond acceptors (Lipinski definition) is 8. The zero-order chi connectivity index (χ0) is 25.3. The van der Waals surface area contributed by atoms with Crippen molar-refractivity contribution in [3.8, 4) is 0 Å². The molecule has 2 unspecified atom stereocenters. The molecule has 11 nitrogen and oxygen atoms in total. The molecule has 2 atom stereocenters. The Morgan fingerprint density at radius 1 is 1.00 bits per heavy atom. The van der Waals surface area contributed by atoms with E-state index in [0.29, 0.717) is 10.7 Å². The molecule has 33 heavy (non-hydrogen) atoms. The van der Waals surface area contributed by atoms with E-state index in [4.69, 9.17) is 14.9 Å². The number of ether oxygens (including phenoxy) is 1. The maximum atomic E-state index is 13.2. The van der Waals surface area contributed by atoms with Gasteiger partial charge in [0.2, 0.25) is 5.91 Å². The summed E-state index contributed by atoms with van der Waals surface area (Å²) in [6.45, 7) is -1.24. The molecule has 1 rings (SSSR count). The van der Waals surface area contributed by atoms with Gasteiger partial charge in [-0.3, -0.25) is 14.4 Å². The highest BCUT2D eigenvalue weighted by atomic mass is 127. The lowest BCUT2D eigenvalue weighted by atomic mass is 10.1. The molecule has 0 saturated heterocycles. The molecule has 0 aliphatic carbocycles. The van der Waals surface area contributed by atoms with Crippen LogP contribution in [-0.2, 0) is 9.53 Å². The molecule has 0 aromatic heterocycles. The number of amides is 3. The SMILES string of the molecule is COCCC(=O)Nc1c(I)c(C(=O)NCC(O)CO)c(I)c(C(=O)N(C)CC(O)CO)c1I. The van der Waals surface area contributed by atoms with Crippen LogP contribution < -0.4 is 10.6 Å². The molecule has 0 spiro atoms. The lowest BCUT2D eigenvalue weighted by Gasteiger charge is -2.24. The summed E-state index contributed by atoms with van der Waals surface area (Å²) < 4.78 is 6.01. The summed E-state index contributed by atoms with van der Waals surface area (Å²) in [5.74, 6) is -1.50. The summed E-state index contributed by atoms with van der Waals surface area (Å²) in [7, 11) is 2.90. The Bertz CT molecular complexity index is 871. The van der Waals surface area contributed by atoms with Crippen molar-refractivity contribution in [3.63, 3.8) is 0 Å². The molecule has 6 N–H and O–H groups in total. The number of likely N-dealkylation sites (N-methyl/N-ethyl adjacent to an activating group) is 1. The minimum atomic E-state index is -1.16. The van der Waals surface area contributed by atoms with Crippen LogP contribution >= 0.6 is 67.8 Å². The van der Waals surface area contributed by atoms with Gasteiger partial charge in [0.05, 0.1) is 62.4 Å². The van der Waals surface area contributed by atoms with E-state index >= 15 is 0 Å². The highest BCUT2D eigenvalue weighted by Crippen LogP contribution is 2.36. The second-order valence-electron chi connectivity index (χ2n) is 6.93. The second kappa shape index (κ2) is 14.9. The monoisotopic (exact) mass is 805 g/mol. The summed E-state index contributed by atoms with van der Waals surface area (Å²) in [6, 6.07) is 0. The number of benzene rings is 1. The van der Waals surface area contributed by atoms with E-state index < -0.39 is 37.2 Å². The first kappa shape index (κ1) is 30.7. The highest BCUT2D eigenvalue weighted by Gasteiger charge is 2.30. The molecule has 14 heteroatoms. The number of rotatable bonds is 12. The molecule has 186 valence electrons. The first-order chi connectivity index (χ1) is 15.5. The molecule has 0 heterocycles. The van der Waals surface area contributed by atoms with Crippen LogP contribution in [0.15, 0.2) is 0 Å². The molecule has 0 radical (unpaired) electrons. The number of nitrogens with one attached hydrogen (secondary N) is 2. The van der Waals surface area contributed by atoms with E-state index in [1.54, 1.807) is 0 Å². The predicted molar refractivity (Wildman–Crippen MR) is 145 cm³/mol. The average Bonchev–Trinajstić information content (AvgIpc) is 2.78. The normalized spacial score (nSPS) is 12.8. The standard InChI is InChI=1S/C19H26I3N3O8/c1-25(6-10(29)8-27)19(32)13-14(20)12(18(31)23-5-9(28)7-26)15(21)17(16(13)22)24-11(30)3-4-33-2/h9-10,26-29H,3-8H2,1-2H3,(H,23,31)(H,24,30). The molecule has 0 bridgehead atoms. The maximum Gasteiger partial charge on any atom is 0.255 e. The number of carbonyl (C=O) groups excluding carboxylic acids is 3. The Morgan fingerprint density at radius 2 is 1.58 bits per heavy atom. The van der Waals surface area contributed by atoms with Crippen LogP contribution in [0.25, 0.3) is 0 Å². The molecular formula is C19H26I3N3O8. The number of halogens is 3. The van der Waals surface area contributed by atoms with Gasteiger partial charge in [-0.25, -0.2) is 0 Å². The van der Waals surface area contributed by atoms with E-state index in [9.17, 15) is 24.6 Å². The van der Waals surface area contributed by atoms with Gasteiger partial charge in [0, 0.05) is 30.8 Å². The first-order valence-corrected chi connectivity index (χ1v) is 12.8. The third-order valence-electron chi connectivity index (χ3n) is 4.31. The Hall–Kier alpha value is -0.380. The molecule has 0 fully saturated rings. The van der Waals surface area contributed by atoms with Gasteiger partial charge in [-0.2, -0.15) is 0 Å². The van der Waals surface area contributed by atoms with Gasteiger partial charge in [0.15, 0.2) is 0 Å². The minimum absolute atomic E-state index is 0.0603. The number of aliphatic hydroxyl groups is 4. The first-order valence-electron chi connectivity index (χ1n) is 9.60. The maximum absolute atomic E-state index is 13.2. The quantitative estimate of drug-likeness (QED) is 0.161. The van der Waals surface area contributed by atoms with Crippen molar-refractivity contribution in [1.82, 2.24) is 10.2 Å². The minimum Gasteiger partial charge on any atom is -0.394 e. The summed E-state index contributed by atoms with van der Waals surface area (Å²) in [5, 5.41) is 42.6. The molecule has 0 aliphatic rings. The Morgan fingerprint density at radius 3 is 2.12 bits per heavy atom. The van der Waals surface area contributed by atoms with Crippen LogP contribution in [0.5, 0.6) is 0 Å². The van der Waals surface area contributed by atoms with Gasteiger partial charge in [-0.05, 0) is 67.8 Å². The number of carbonyl (C=O) groups is 3. The number of nitrogens with zero attached hydrogens (tertiary/aromatic N) is 1. The number of anilines is 1. The lowest BCUT2D eigenvalue weighted by Crippen LogP contribution is -2.38. The summed E-state index contributed by atoms with van der Waals surface area (Å²) in [4.78, 5) is 39.8. The topological polar surface area (TPSA) is 169 Å². The van der Waals surface area contributed by atoms with E-state index in [-0.39, 0.29) is 48.8 Å². The molecular weight excluding hydrogens is 779 g/mol. The fourth-order valence-electron chi connectivity index (χ4n) is 2.57. The van der Waals surface area contributed by atoms with Gasteiger partial charge in [0.25, 0.3) is 11.8 Å². The van der Waals surface area contributed by atoms with Gasteiger partial charge in [-0.15, -0.1) is 0 Å². The van der Waals surface area contributed by atoms with E-state index in [1.807, 2.05) is 67.8 Å². The molecule has 0 aliphatic heterocycles. The van der Waals surface area contributed by atoms with E-state index in [1.165, 1.54) is 19.1 Å². The van der Waals surface area contributed by atoms with Crippen LogP contribution in [0, 0.1) is 10.7 Å². The van der Waals surface area contributed by atoms with Crippen molar-refractivity contribution < 1.29 is 39.5 Å². The van der Waals surface area contributed by atoms with Crippen molar-refractivity contribution >= 4 is 91.2 Å². The van der Waals surface area contributed by atoms with Crippen molar-refractivity contribution in [2.45, 2.75) is 18.6 Å². The number of methoxy groups -OCH3 is 1. The highest BCUT2D eigenvalue weighted by molar-refractivity contribution is 14.1. The summed E-state index contributed by atoms with van der Waals surface area (Å²) in [6.07, 6.45) is -2.24. The number of hydrogen-bond donors (Lipinski definition) is 6. The fraction of sp³-hybridized carbons (Fsp3) is 0.526. The summed E-state index contributed by atoms with van der Waals surface area (Å²) in [5.41, 5.74) is 0.521. The largest absolute Gasteiger partial charge is 0.394 e. The molecule has 3 amide bonds. The third kappa shape index (κ3) is 8.65. The molecule has 1 aromatic carbocycles. The van der Waals surface area contributed by atoms with E-state index in [0.717, 1.165) is 0 Å². The van der Waals surface area contributed by atoms with Crippen molar-refractivity contribution in [1.29, 1.82) is 0 Å².